The maximum Gasteiger partial charge on any atom is 0.129 e. The summed E-state index contributed by atoms with van der Waals surface area (Å²) in [4.78, 5) is 4.55. The number of benzene rings is 2. The first-order chi connectivity index (χ1) is 10.2. The molecule has 21 heavy (non-hydrogen) atoms. The predicted octanol–water partition coefficient (Wildman–Crippen LogP) is 4.56. The van der Waals surface area contributed by atoms with Crippen LogP contribution in [-0.4, -0.2) is 16.7 Å². The molecule has 0 aliphatic heterocycles. The fourth-order valence-corrected chi connectivity index (χ4v) is 2.83. The predicted molar refractivity (Wildman–Crippen MR) is 86.4 cm³/mol. The van der Waals surface area contributed by atoms with Crippen LogP contribution >= 0.6 is 23.2 Å². The van der Waals surface area contributed by atoms with E-state index in [1.54, 1.807) is 7.11 Å². The number of halogens is 2. The zero-order chi connectivity index (χ0) is 14.8. The number of imidazole rings is 1. The summed E-state index contributed by atoms with van der Waals surface area (Å²) >= 11 is 12.3. The molecular formula is C16H14Cl2N2O. The van der Waals surface area contributed by atoms with Crippen LogP contribution in [0, 0.1) is 0 Å². The molecule has 5 heteroatoms. The van der Waals surface area contributed by atoms with Crippen LogP contribution in [0.25, 0.3) is 16.7 Å². The topological polar surface area (TPSA) is 27.1 Å². The molecule has 0 amide bonds. The van der Waals surface area contributed by atoms with Gasteiger partial charge >= 0.3 is 0 Å². The van der Waals surface area contributed by atoms with Crippen LogP contribution in [-0.2, 0) is 17.2 Å². The average molecular weight is 321 g/mol. The molecule has 0 atom stereocenters. The van der Waals surface area contributed by atoms with E-state index in [4.69, 9.17) is 27.9 Å². The Bertz CT molecular complexity index is 783. The van der Waals surface area contributed by atoms with Crippen molar-refractivity contribution in [2.45, 2.75) is 12.5 Å². The summed E-state index contributed by atoms with van der Waals surface area (Å²) in [5.74, 6) is 1.09. The first-order valence-electron chi connectivity index (χ1n) is 6.54. The number of hydrogen-bond donors (Lipinski definition) is 0. The van der Waals surface area contributed by atoms with Crippen molar-refractivity contribution in [1.82, 2.24) is 9.55 Å². The summed E-state index contributed by atoms with van der Waals surface area (Å²) in [6.45, 7) is 0.567. The maximum absolute atomic E-state index is 6.23. The number of hydrogen-bond acceptors (Lipinski definition) is 2. The number of rotatable bonds is 4. The molecule has 0 bridgehead atoms. The minimum atomic E-state index is 0.319. The van der Waals surface area contributed by atoms with Crippen molar-refractivity contribution in [2.24, 2.45) is 0 Å². The second-order valence-electron chi connectivity index (χ2n) is 4.71. The molecule has 0 radical (unpaired) electrons. The van der Waals surface area contributed by atoms with Gasteiger partial charge in [0.05, 0.1) is 23.0 Å². The lowest BCUT2D eigenvalue weighted by Gasteiger charge is -2.09. The van der Waals surface area contributed by atoms with Crippen LogP contribution in [0.5, 0.6) is 0 Å². The summed E-state index contributed by atoms with van der Waals surface area (Å²) in [7, 11) is 1.68. The van der Waals surface area contributed by atoms with Gasteiger partial charge in [-0.15, -0.1) is 11.6 Å². The highest BCUT2D eigenvalue weighted by molar-refractivity contribution is 6.35. The van der Waals surface area contributed by atoms with Gasteiger partial charge in [0.2, 0.25) is 0 Å². The molecule has 0 aliphatic rings. The Labute approximate surface area is 133 Å². The summed E-state index contributed by atoms with van der Waals surface area (Å²) in [6, 6.07) is 13.9. The molecule has 0 unspecified atom stereocenters. The molecule has 108 valence electrons. The molecule has 0 N–H and O–H groups in total. The number of para-hydroxylation sites is 1. The normalized spacial score (nSPS) is 11.2. The highest BCUT2D eigenvalue weighted by Crippen LogP contribution is 2.28. The van der Waals surface area contributed by atoms with Gasteiger partial charge in [0, 0.05) is 12.8 Å². The molecule has 2 aromatic carbocycles. The fraction of sp³-hybridized carbons (Fsp3) is 0.188. The van der Waals surface area contributed by atoms with E-state index in [1.807, 2.05) is 41.0 Å². The standard InChI is InChI=1S/C16H14Cl2N2O/c1-21-10-11-4-2-5-12(8-11)20-14-7-3-6-13(18)16(14)19-15(20)9-17/h2-8H,9-10H2,1H3. The second kappa shape index (κ2) is 6.06. The van der Waals surface area contributed by atoms with E-state index in [-0.39, 0.29) is 0 Å². The molecule has 3 aromatic rings. The first-order valence-corrected chi connectivity index (χ1v) is 7.46. The summed E-state index contributed by atoms with van der Waals surface area (Å²) < 4.78 is 7.23. The SMILES string of the molecule is COCc1cccc(-n2c(CCl)nc3c(Cl)cccc32)c1. The quantitative estimate of drug-likeness (QED) is 0.659. The van der Waals surface area contributed by atoms with Crippen molar-refractivity contribution in [1.29, 1.82) is 0 Å². The van der Waals surface area contributed by atoms with Gasteiger partial charge in [-0.05, 0) is 29.8 Å². The lowest BCUT2D eigenvalue weighted by Crippen LogP contribution is -2.00. The van der Waals surface area contributed by atoms with Crippen LogP contribution in [0.4, 0.5) is 0 Å². The Balaban J connectivity index is 2.23. The Hall–Kier alpha value is -1.55. The largest absolute Gasteiger partial charge is 0.380 e. The van der Waals surface area contributed by atoms with Gasteiger partial charge in [0.25, 0.3) is 0 Å². The fourth-order valence-electron chi connectivity index (χ4n) is 2.44. The van der Waals surface area contributed by atoms with Crippen molar-refractivity contribution >= 4 is 34.2 Å². The highest BCUT2D eigenvalue weighted by Gasteiger charge is 2.13. The molecule has 0 saturated carbocycles. The number of alkyl halides is 1. The zero-order valence-corrected chi connectivity index (χ0v) is 13.0. The molecule has 1 heterocycles. The number of methoxy groups -OCH3 is 1. The van der Waals surface area contributed by atoms with Crippen LogP contribution in [0.15, 0.2) is 42.5 Å². The Morgan fingerprint density at radius 1 is 1.19 bits per heavy atom. The van der Waals surface area contributed by atoms with Crippen LogP contribution in [0.1, 0.15) is 11.4 Å². The van der Waals surface area contributed by atoms with Gasteiger partial charge in [-0.2, -0.15) is 0 Å². The van der Waals surface area contributed by atoms with Crippen molar-refractivity contribution < 1.29 is 4.74 Å². The van der Waals surface area contributed by atoms with Crippen molar-refractivity contribution in [2.75, 3.05) is 7.11 Å². The van der Waals surface area contributed by atoms with Gasteiger partial charge in [0.15, 0.2) is 0 Å². The van der Waals surface area contributed by atoms with E-state index in [0.717, 1.165) is 28.1 Å². The van der Waals surface area contributed by atoms with Gasteiger partial charge in [0.1, 0.15) is 11.3 Å². The average Bonchev–Trinajstić information content (AvgIpc) is 2.88. The molecule has 3 rings (SSSR count). The third kappa shape index (κ3) is 2.64. The van der Waals surface area contributed by atoms with E-state index in [0.29, 0.717) is 17.5 Å². The van der Waals surface area contributed by atoms with Crippen molar-refractivity contribution in [3.05, 3.63) is 58.9 Å². The monoisotopic (exact) mass is 320 g/mol. The summed E-state index contributed by atoms with van der Waals surface area (Å²) in [6.07, 6.45) is 0. The Morgan fingerprint density at radius 3 is 2.76 bits per heavy atom. The molecule has 0 fully saturated rings. The molecule has 0 saturated heterocycles. The van der Waals surface area contributed by atoms with Gasteiger partial charge in [-0.25, -0.2) is 4.98 Å². The maximum atomic E-state index is 6.23. The Morgan fingerprint density at radius 2 is 2.00 bits per heavy atom. The van der Waals surface area contributed by atoms with Gasteiger partial charge in [-0.1, -0.05) is 29.8 Å². The van der Waals surface area contributed by atoms with E-state index in [9.17, 15) is 0 Å². The number of aromatic nitrogens is 2. The third-order valence-electron chi connectivity index (χ3n) is 3.30. The van der Waals surface area contributed by atoms with Gasteiger partial charge in [-0.3, -0.25) is 4.57 Å². The molecule has 0 spiro atoms. The minimum absolute atomic E-state index is 0.319. The highest BCUT2D eigenvalue weighted by atomic mass is 35.5. The number of ether oxygens (including phenoxy) is 1. The number of fused-ring (bicyclic) bond motifs is 1. The molecule has 0 aliphatic carbocycles. The molecule has 3 nitrogen and oxygen atoms in total. The van der Waals surface area contributed by atoms with Crippen LogP contribution < -0.4 is 0 Å². The van der Waals surface area contributed by atoms with E-state index >= 15 is 0 Å². The lowest BCUT2D eigenvalue weighted by atomic mass is 10.2. The molecule has 1 aromatic heterocycles. The van der Waals surface area contributed by atoms with Gasteiger partial charge < -0.3 is 4.74 Å². The van der Waals surface area contributed by atoms with Crippen molar-refractivity contribution in [3.63, 3.8) is 0 Å². The summed E-state index contributed by atoms with van der Waals surface area (Å²) in [5, 5.41) is 0.630. The smallest absolute Gasteiger partial charge is 0.129 e. The van der Waals surface area contributed by atoms with E-state index in [1.165, 1.54) is 0 Å². The van der Waals surface area contributed by atoms with Crippen LogP contribution in [0.3, 0.4) is 0 Å². The number of nitrogens with zero attached hydrogens (tertiary/aromatic N) is 2. The Kier molecular flexibility index (Phi) is 4.15. The lowest BCUT2D eigenvalue weighted by molar-refractivity contribution is 0.185. The van der Waals surface area contributed by atoms with E-state index in [2.05, 4.69) is 11.1 Å². The zero-order valence-electron chi connectivity index (χ0n) is 11.5. The summed E-state index contributed by atoms with van der Waals surface area (Å²) in [5.41, 5.74) is 3.82. The second-order valence-corrected chi connectivity index (χ2v) is 5.38. The first kappa shape index (κ1) is 14.4. The van der Waals surface area contributed by atoms with Crippen LogP contribution in [0.2, 0.25) is 5.02 Å². The molecular weight excluding hydrogens is 307 g/mol. The van der Waals surface area contributed by atoms with Crippen molar-refractivity contribution in [3.8, 4) is 5.69 Å². The minimum Gasteiger partial charge on any atom is -0.380 e. The van der Waals surface area contributed by atoms with E-state index < -0.39 is 0 Å². The third-order valence-corrected chi connectivity index (χ3v) is 3.85.